The van der Waals surface area contributed by atoms with E-state index in [-0.39, 0.29) is 0 Å². The Bertz CT molecular complexity index is 792. The zero-order valence-electron chi connectivity index (χ0n) is 13.7. The number of anilines is 1. The molecule has 0 amide bonds. The number of fused-ring (bicyclic) bond motifs is 2. The van der Waals surface area contributed by atoms with Crippen LogP contribution in [-0.4, -0.2) is 66.4 Å². The van der Waals surface area contributed by atoms with E-state index in [0.717, 1.165) is 49.3 Å². The highest BCUT2D eigenvalue weighted by atomic mass is 16.5. The highest BCUT2D eigenvalue weighted by Crippen LogP contribution is 2.30. The number of nitrogens with zero attached hydrogens (tertiary/aromatic N) is 3. The van der Waals surface area contributed by atoms with Crippen molar-refractivity contribution in [2.45, 2.75) is 13.0 Å². The molecule has 1 N–H and O–H groups in total. The fourth-order valence-electron chi connectivity index (χ4n) is 3.78. The van der Waals surface area contributed by atoms with E-state index in [9.17, 15) is 9.90 Å². The third-order valence-electron chi connectivity index (χ3n) is 5.08. The molecule has 3 heterocycles. The van der Waals surface area contributed by atoms with Crippen LogP contribution in [0.1, 0.15) is 15.9 Å². The maximum absolute atomic E-state index is 11.9. The minimum atomic E-state index is -0.914. The summed E-state index contributed by atoms with van der Waals surface area (Å²) in [6, 6.07) is 8.03. The van der Waals surface area contributed by atoms with Gasteiger partial charge < -0.3 is 14.7 Å². The van der Waals surface area contributed by atoms with Crippen molar-refractivity contribution in [1.29, 1.82) is 0 Å². The second-order valence-corrected chi connectivity index (χ2v) is 6.47. The summed E-state index contributed by atoms with van der Waals surface area (Å²) in [4.78, 5) is 21.1. The van der Waals surface area contributed by atoms with Gasteiger partial charge in [0, 0.05) is 31.6 Å². The highest BCUT2D eigenvalue weighted by molar-refractivity contribution is 6.01. The van der Waals surface area contributed by atoms with E-state index in [4.69, 9.17) is 9.72 Å². The molecule has 4 rings (SSSR count). The van der Waals surface area contributed by atoms with Gasteiger partial charge in [-0.15, -0.1) is 0 Å². The third-order valence-corrected chi connectivity index (χ3v) is 5.08. The number of aromatic nitrogens is 1. The van der Waals surface area contributed by atoms with Gasteiger partial charge in [0.15, 0.2) is 0 Å². The number of carboxylic acids is 1. The fraction of sp³-hybridized carbons (Fsp3) is 0.444. The van der Waals surface area contributed by atoms with Crippen LogP contribution >= 0.6 is 0 Å². The number of hydrogen-bond acceptors (Lipinski definition) is 5. The standard InChI is InChI=1S/C18H21N3O3/c1-12-14-4-2-3-5-15(14)19-17(16(12)18(22)23)21-7-6-20-8-9-24-11-13(20)10-21/h2-5,13H,6-11H2,1H3,(H,22,23). The number of ether oxygens (including phenoxy) is 1. The Hall–Kier alpha value is -2.18. The summed E-state index contributed by atoms with van der Waals surface area (Å²) in [5, 5.41) is 10.7. The van der Waals surface area contributed by atoms with Crippen molar-refractivity contribution in [3.63, 3.8) is 0 Å². The number of morpholine rings is 1. The minimum Gasteiger partial charge on any atom is -0.478 e. The van der Waals surface area contributed by atoms with E-state index in [1.165, 1.54) is 0 Å². The predicted molar refractivity (Wildman–Crippen MR) is 91.8 cm³/mol. The van der Waals surface area contributed by atoms with Crippen LogP contribution in [0.3, 0.4) is 0 Å². The first-order valence-electron chi connectivity index (χ1n) is 8.34. The number of hydrogen-bond donors (Lipinski definition) is 1. The molecule has 1 atom stereocenters. The van der Waals surface area contributed by atoms with Gasteiger partial charge in [0.2, 0.25) is 0 Å². The van der Waals surface area contributed by atoms with Gasteiger partial charge in [-0.1, -0.05) is 18.2 Å². The van der Waals surface area contributed by atoms with E-state index in [1.807, 2.05) is 31.2 Å². The maximum atomic E-state index is 11.9. The molecular formula is C18H21N3O3. The van der Waals surface area contributed by atoms with Gasteiger partial charge >= 0.3 is 5.97 Å². The first-order valence-corrected chi connectivity index (χ1v) is 8.34. The molecule has 6 nitrogen and oxygen atoms in total. The van der Waals surface area contributed by atoms with Crippen LogP contribution in [0.25, 0.3) is 10.9 Å². The number of benzene rings is 1. The lowest BCUT2D eigenvalue weighted by atomic mass is 10.0. The molecule has 1 aromatic carbocycles. The van der Waals surface area contributed by atoms with Gasteiger partial charge in [-0.25, -0.2) is 9.78 Å². The van der Waals surface area contributed by atoms with Gasteiger partial charge in [-0.3, -0.25) is 4.90 Å². The molecule has 0 saturated carbocycles. The third kappa shape index (κ3) is 2.52. The van der Waals surface area contributed by atoms with Crippen LogP contribution in [0.2, 0.25) is 0 Å². The first-order chi connectivity index (χ1) is 11.6. The number of piperazine rings is 1. The van der Waals surface area contributed by atoms with E-state index >= 15 is 0 Å². The SMILES string of the molecule is Cc1c(C(=O)O)c(N2CCN3CCOCC3C2)nc2ccccc12. The van der Waals surface area contributed by atoms with E-state index in [0.29, 0.717) is 24.0 Å². The number of para-hydroxylation sites is 1. The number of aryl methyl sites for hydroxylation is 1. The lowest BCUT2D eigenvalue weighted by Crippen LogP contribution is -2.58. The second kappa shape index (κ2) is 6.03. The highest BCUT2D eigenvalue weighted by Gasteiger charge is 2.32. The lowest BCUT2D eigenvalue weighted by molar-refractivity contribution is -0.0118. The maximum Gasteiger partial charge on any atom is 0.339 e. The van der Waals surface area contributed by atoms with Crippen molar-refractivity contribution in [3.05, 3.63) is 35.4 Å². The quantitative estimate of drug-likeness (QED) is 0.907. The summed E-state index contributed by atoms with van der Waals surface area (Å²) in [6.07, 6.45) is 0. The molecule has 1 aromatic heterocycles. The van der Waals surface area contributed by atoms with Crippen LogP contribution in [0.5, 0.6) is 0 Å². The molecule has 2 aromatic rings. The molecular weight excluding hydrogens is 306 g/mol. The predicted octanol–water partition coefficient (Wildman–Crippen LogP) is 1.76. The Morgan fingerprint density at radius 2 is 2.12 bits per heavy atom. The van der Waals surface area contributed by atoms with Gasteiger partial charge in [0.1, 0.15) is 11.4 Å². The number of rotatable bonds is 2. The lowest BCUT2D eigenvalue weighted by Gasteiger charge is -2.44. The van der Waals surface area contributed by atoms with Crippen molar-refractivity contribution in [2.75, 3.05) is 44.3 Å². The molecule has 0 spiro atoms. The Balaban J connectivity index is 1.78. The van der Waals surface area contributed by atoms with Crippen LogP contribution in [0.4, 0.5) is 5.82 Å². The Labute approximate surface area is 140 Å². The minimum absolute atomic E-state index is 0.308. The molecule has 24 heavy (non-hydrogen) atoms. The number of carbonyl (C=O) groups is 1. The van der Waals surface area contributed by atoms with Crippen molar-refractivity contribution < 1.29 is 14.6 Å². The molecule has 2 aliphatic heterocycles. The smallest absolute Gasteiger partial charge is 0.339 e. The summed E-state index contributed by atoms with van der Waals surface area (Å²) >= 11 is 0. The topological polar surface area (TPSA) is 65.9 Å². The Morgan fingerprint density at radius 3 is 2.96 bits per heavy atom. The second-order valence-electron chi connectivity index (χ2n) is 6.47. The van der Waals surface area contributed by atoms with Crippen LogP contribution < -0.4 is 4.90 Å². The molecule has 0 radical (unpaired) electrons. The molecule has 1 unspecified atom stereocenters. The van der Waals surface area contributed by atoms with Crippen LogP contribution in [0.15, 0.2) is 24.3 Å². The first kappa shape index (κ1) is 15.4. The van der Waals surface area contributed by atoms with E-state index in [2.05, 4.69) is 9.80 Å². The molecule has 6 heteroatoms. The summed E-state index contributed by atoms with van der Waals surface area (Å²) in [5.41, 5.74) is 1.95. The van der Waals surface area contributed by atoms with Crippen molar-refractivity contribution in [1.82, 2.24) is 9.88 Å². The molecule has 2 saturated heterocycles. The molecule has 0 bridgehead atoms. The van der Waals surface area contributed by atoms with Gasteiger partial charge in [-0.2, -0.15) is 0 Å². The zero-order chi connectivity index (χ0) is 16.7. The van der Waals surface area contributed by atoms with Crippen molar-refractivity contribution in [2.24, 2.45) is 0 Å². The zero-order valence-corrected chi connectivity index (χ0v) is 13.7. The molecule has 2 aliphatic rings. The summed E-state index contributed by atoms with van der Waals surface area (Å²) in [5.74, 6) is -0.327. The summed E-state index contributed by atoms with van der Waals surface area (Å²) in [7, 11) is 0. The van der Waals surface area contributed by atoms with Gasteiger partial charge in [0.05, 0.1) is 24.8 Å². The fourth-order valence-corrected chi connectivity index (χ4v) is 3.78. The number of carboxylic acid groups (broad SMARTS) is 1. The monoisotopic (exact) mass is 327 g/mol. The normalized spacial score (nSPS) is 21.7. The average molecular weight is 327 g/mol. The molecule has 0 aliphatic carbocycles. The Morgan fingerprint density at radius 1 is 1.29 bits per heavy atom. The molecule has 126 valence electrons. The van der Waals surface area contributed by atoms with Gasteiger partial charge in [0.25, 0.3) is 0 Å². The van der Waals surface area contributed by atoms with Crippen LogP contribution in [0, 0.1) is 6.92 Å². The number of aromatic carboxylic acids is 1. The van der Waals surface area contributed by atoms with Crippen molar-refractivity contribution >= 4 is 22.7 Å². The molecule has 2 fully saturated rings. The summed E-state index contributed by atoms with van der Waals surface area (Å²) in [6.45, 7) is 6.77. The average Bonchev–Trinajstić information content (AvgIpc) is 2.61. The van der Waals surface area contributed by atoms with E-state index < -0.39 is 5.97 Å². The number of pyridine rings is 1. The largest absolute Gasteiger partial charge is 0.478 e. The van der Waals surface area contributed by atoms with Crippen molar-refractivity contribution in [3.8, 4) is 0 Å². The summed E-state index contributed by atoms with van der Waals surface area (Å²) < 4.78 is 5.59. The van der Waals surface area contributed by atoms with Crippen LogP contribution in [-0.2, 0) is 4.74 Å². The Kier molecular flexibility index (Phi) is 3.86. The van der Waals surface area contributed by atoms with E-state index in [1.54, 1.807) is 0 Å². The van der Waals surface area contributed by atoms with Gasteiger partial charge in [-0.05, 0) is 18.6 Å².